The zero-order valence-electron chi connectivity index (χ0n) is 15.7. The van der Waals surface area contributed by atoms with Gasteiger partial charge in [0, 0.05) is 29.8 Å². The molecule has 146 valence electrons. The first kappa shape index (κ1) is 18.9. The van der Waals surface area contributed by atoms with Crippen molar-refractivity contribution in [2.75, 3.05) is 17.2 Å². The van der Waals surface area contributed by atoms with E-state index in [1.54, 1.807) is 17.9 Å². The number of carbonyl (C=O) groups is 2. The Morgan fingerprint density at radius 2 is 1.93 bits per heavy atom. The highest BCUT2D eigenvalue weighted by molar-refractivity contribution is 8.01. The maximum absolute atomic E-state index is 14.3. The molecule has 4 nitrogen and oxygen atoms in total. The molecule has 1 atom stereocenters. The van der Waals surface area contributed by atoms with E-state index in [1.807, 2.05) is 19.1 Å². The van der Waals surface area contributed by atoms with Crippen molar-refractivity contribution in [3.63, 3.8) is 0 Å². The highest BCUT2D eigenvalue weighted by atomic mass is 32.2. The second-order valence-electron chi connectivity index (χ2n) is 7.00. The Labute approximate surface area is 166 Å². The van der Waals surface area contributed by atoms with Crippen LogP contribution >= 0.6 is 11.8 Å². The summed E-state index contributed by atoms with van der Waals surface area (Å²) in [5, 5.41) is 0. The number of fused-ring (bicyclic) bond motifs is 2. The number of halogens is 2. The fourth-order valence-corrected chi connectivity index (χ4v) is 5.45. The Morgan fingerprint density at radius 1 is 1.21 bits per heavy atom. The van der Waals surface area contributed by atoms with Gasteiger partial charge in [0.25, 0.3) is 5.91 Å². The highest BCUT2D eigenvalue weighted by Gasteiger charge is 2.59. The van der Waals surface area contributed by atoms with Crippen LogP contribution in [0.2, 0.25) is 0 Å². The van der Waals surface area contributed by atoms with E-state index in [1.165, 1.54) is 34.9 Å². The van der Waals surface area contributed by atoms with Crippen molar-refractivity contribution in [1.82, 2.24) is 4.90 Å². The molecule has 2 aliphatic rings. The average Bonchev–Trinajstić information content (AvgIpc) is 3.21. The summed E-state index contributed by atoms with van der Waals surface area (Å²) in [6.07, 6.45) is 0.290. The summed E-state index contributed by atoms with van der Waals surface area (Å²) in [5.41, 5.74) is 2.12. The summed E-state index contributed by atoms with van der Waals surface area (Å²) in [6.45, 7) is 3.94. The predicted molar refractivity (Wildman–Crippen MR) is 105 cm³/mol. The monoisotopic (exact) mass is 402 g/mol. The molecule has 1 saturated heterocycles. The van der Waals surface area contributed by atoms with Crippen molar-refractivity contribution in [2.45, 2.75) is 31.7 Å². The van der Waals surface area contributed by atoms with Gasteiger partial charge in [-0.3, -0.25) is 9.59 Å². The van der Waals surface area contributed by atoms with Gasteiger partial charge in [0.15, 0.2) is 4.87 Å². The molecule has 0 N–H and O–H groups in total. The number of hydrogen-bond donors (Lipinski definition) is 0. The first-order valence-corrected chi connectivity index (χ1v) is 10.2. The Hall–Kier alpha value is -2.41. The minimum atomic E-state index is -1.16. The van der Waals surface area contributed by atoms with E-state index in [0.29, 0.717) is 24.4 Å². The number of rotatable bonds is 3. The Kier molecular flexibility index (Phi) is 4.65. The van der Waals surface area contributed by atoms with Crippen molar-refractivity contribution in [3.05, 3.63) is 64.7 Å². The summed E-state index contributed by atoms with van der Waals surface area (Å²) in [5.74, 6) is -1.18. The molecule has 28 heavy (non-hydrogen) atoms. The van der Waals surface area contributed by atoms with Crippen LogP contribution < -0.4 is 4.90 Å². The standard InChI is InChI=1S/C21H20F2N2O2S/c1-3-19(26)25-9-10-28-21(25)15-11-13(2)7-8-18(15)24(20(21)27)12-14-16(22)5-4-6-17(14)23/h4-8,11H,3,9-10,12H2,1-2H3/t21-/m1/s1. The quantitative estimate of drug-likeness (QED) is 0.780. The second-order valence-corrected chi connectivity index (χ2v) is 8.29. The van der Waals surface area contributed by atoms with E-state index in [-0.39, 0.29) is 23.9 Å². The molecule has 0 unspecified atom stereocenters. The number of aryl methyl sites for hydroxylation is 1. The van der Waals surface area contributed by atoms with Crippen molar-refractivity contribution in [3.8, 4) is 0 Å². The fourth-order valence-electron chi connectivity index (χ4n) is 3.97. The van der Waals surface area contributed by atoms with E-state index < -0.39 is 16.5 Å². The molecule has 0 saturated carbocycles. The largest absolute Gasteiger partial charge is 0.315 e. The third-order valence-electron chi connectivity index (χ3n) is 5.33. The van der Waals surface area contributed by atoms with Gasteiger partial charge in [-0.05, 0) is 25.1 Å². The topological polar surface area (TPSA) is 40.6 Å². The summed E-state index contributed by atoms with van der Waals surface area (Å²) in [7, 11) is 0. The number of hydrogen-bond acceptors (Lipinski definition) is 3. The lowest BCUT2D eigenvalue weighted by Gasteiger charge is -2.33. The number of benzene rings is 2. The number of anilines is 1. The van der Waals surface area contributed by atoms with Gasteiger partial charge in [0.1, 0.15) is 11.6 Å². The van der Waals surface area contributed by atoms with Gasteiger partial charge in [-0.2, -0.15) is 0 Å². The van der Waals surface area contributed by atoms with Gasteiger partial charge in [0.2, 0.25) is 5.91 Å². The molecular formula is C21H20F2N2O2S. The number of carbonyl (C=O) groups excluding carboxylic acids is 2. The van der Waals surface area contributed by atoms with Crippen molar-refractivity contribution >= 4 is 29.3 Å². The summed E-state index contributed by atoms with van der Waals surface area (Å²) < 4.78 is 28.5. The zero-order valence-corrected chi connectivity index (χ0v) is 16.5. The van der Waals surface area contributed by atoms with E-state index in [4.69, 9.17) is 0 Å². The first-order valence-electron chi connectivity index (χ1n) is 9.20. The molecule has 7 heteroatoms. The van der Waals surface area contributed by atoms with Crippen LogP contribution in [-0.4, -0.2) is 29.0 Å². The molecule has 0 radical (unpaired) electrons. The predicted octanol–water partition coefficient (Wildman–Crippen LogP) is 3.96. The van der Waals surface area contributed by atoms with Gasteiger partial charge >= 0.3 is 0 Å². The Balaban J connectivity index is 1.85. The van der Waals surface area contributed by atoms with Crippen LogP contribution in [0.4, 0.5) is 14.5 Å². The smallest absolute Gasteiger partial charge is 0.268 e. The van der Waals surface area contributed by atoms with Crippen LogP contribution in [0.5, 0.6) is 0 Å². The second kappa shape index (κ2) is 6.88. The van der Waals surface area contributed by atoms with Gasteiger partial charge in [-0.25, -0.2) is 8.78 Å². The van der Waals surface area contributed by atoms with Crippen molar-refractivity contribution in [1.29, 1.82) is 0 Å². The minimum Gasteiger partial charge on any atom is -0.315 e. The zero-order chi connectivity index (χ0) is 20.1. The first-order chi connectivity index (χ1) is 13.4. The Bertz CT molecular complexity index is 961. The molecule has 0 aromatic heterocycles. The lowest BCUT2D eigenvalue weighted by molar-refractivity contribution is -0.139. The average molecular weight is 402 g/mol. The van der Waals surface area contributed by atoms with Crippen molar-refractivity contribution < 1.29 is 18.4 Å². The van der Waals surface area contributed by atoms with Crippen molar-refractivity contribution in [2.24, 2.45) is 0 Å². The third-order valence-corrected chi connectivity index (χ3v) is 6.75. The van der Waals surface area contributed by atoms with Gasteiger partial charge in [-0.1, -0.05) is 30.7 Å². The lowest BCUT2D eigenvalue weighted by Crippen LogP contribution is -2.50. The van der Waals surface area contributed by atoms with Crippen LogP contribution in [0.15, 0.2) is 36.4 Å². The summed E-state index contributed by atoms with van der Waals surface area (Å²) >= 11 is 1.41. The highest BCUT2D eigenvalue weighted by Crippen LogP contribution is 2.54. The van der Waals surface area contributed by atoms with Crippen LogP contribution in [0.1, 0.15) is 30.0 Å². The molecule has 1 fully saturated rings. The maximum atomic E-state index is 14.3. The van der Waals surface area contributed by atoms with E-state index in [0.717, 1.165) is 11.1 Å². The molecule has 2 aromatic carbocycles. The molecule has 0 aliphatic carbocycles. The molecule has 2 amide bonds. The SMILES string of the molecule is CCC(=O)N1CCS[C@]12C(=O)N(Cc1c(F)cccc1F)c1ccc(C)cc12. The minimum absolute atomic E-state index is 0.107. The summed E-state index contributed by atoms with van der Waals surface area (Å²) in [4.78, 5) is 28.1. The maximum Gasteiger partial charge on any atom is 0.268 e. The van der Waals surface area contributed by atoms with E-state index in [2.05, 4.69) is 0 Å². The number of thioether (sulfide) groups is 1. The summed E-state index contributed by atoms with van der Waals surface area (Å²) in [6, 6.07) is 9.22. The Morgan fingerprint density at radius 3 is 2.61 bits per heavy atom. The van der Waals surface area contributed by atoms with Crippen LogP contribution in [-0.2, 0) is 21.0 Å². The number of amides is 2. The molecule has 1 spiro atoms. The van der Waals surface area contributed by atoms with Gasteiger partial charge < -0.3 is 9.80 Å². The van der Waals surface area contributed by atoms with E-state index in [9.17, 15) is 18.4 Å². The molecule has 2 heterocycles. The fraction of sp³-hybridized carbons (Fsp3) is 0.333. The lowest BCUT2D eigenvalue weighted by atomic mass is 10.0. The number of nitrogens with zero attached hydrogens (tertiary/aromatic N) is 2. The van der Waals surface area contributed by atoms with Gasteiger partial charge in [0.05, 0.1) is 12.2 Å². The third kappa shape index (κ3) is 2.64. The normalized spacial score (nSPS) is 20.9. The van der Waals surface area contributed by atoms with Crippen LogP contribution in [0.3, 0.4) is 0 Å². The van der Waals surface area contributed by atoms with E-state index >= 15 is 0 Å². The molecule has 0 bridgehead atoms. The van der Waals surface area contributed by atoms with Crippen LogP contribution in [0.25, 0.3) is 0 Å². The molecule has 2 aromatic rings. The molecular weight excluding hydrogens is 382 g/mol. The van der Waals surface area contributed by atoms with Gasteiger partial charge in [-0.15, -0.1) is 11.8 Å². The van der Waals surface area contributed by atoms with Crippen LogP contribution in [0, 0.1) is 18.6 Å². The molecule has 2 aliphatic heterocycles. The molecule has 4 rings (SSSR count).